The molecule has 6 heteroatoms. The molecule has 146 valence electrons. The molecular weight excluding hydrogens is 368 g/mol. The lowest BCUT2D eigenvalue weighted by molar-refractivity contribution is -0.120. The summed E-state index contributed by atoms with van der Waals surface area (Å²) in [5.41, 5.74) is 3.31. The van der Waals surface area contributed by atoms with Crippen LogP contribution in [0.1, 0.15) is 25.8 Å². The first-order valence-electron chi connectivity index (χ1n) is 9.35. The van der Waals surface area contributed by atoms with Crippen molar-refractivity contribution in [3.63, 3.8) is 0 Å². The molecule has 29 heavy (non-hydrogen) atoms. The molecule has 1 saturated heterocycles. The van der Waals surface area contributed by atoms with Gasteiger partial charge in [0.25, 0.3) is 5.91 Å². The van der Waals surface area contributed by atoms with Crippen molar-refractivity contribution in [2.24, 2.45) is 0 Å². The fourth-order valence-electron chi connectivity index (χ4n) is 3.47. The van der Waals surface area contributed by atoms with Crippen molar-refractivity contribution in [2.75, 3.05) is 10.2 Å². The lowest BCUT2D eigenvalue weighted by Gasteiger charge is -2.23. The summed E-state index contributed by atoms with van der Waals surface area (Å²) in [7, 11) is 0. The number of anilines is 2. The van der Waals surface area contributed by atoms with E-state index in [1.165, 1.54) is 11.8 Å². The molecule has 1 N–H and O–H groups in total. The number of nitrogens with one attached hydrogen (secondary N) is 1. The maximum Gasteiger partial charge on any atom is 0.261 e. The smallest absolute Gasteiger partial charge is 0.261 e. The Morgan fingerprint density at radius 2 is 1.86 bits per heavy atom. The van der Waals surface area contributed by atoms with E-state index >= 15 is 0 Å². The normalized spacial score (nSPS) is 19.7. The van der Waals surface area contributed by atoms with Crippen LogP contribution in [0, 0.1) is 0 Å². The highest BCUT2D eigenvalue weighted by atomic mass is 16.5. The van der Waals surface area contributed by atoms with Gasteiger partial charge in [-0.05, 0) is 55.0 Å². The molecule has 1 atom stereocenters. The van der Waals surface area contributed by atoms with Crippen LogP contribution >= 0.6 is 0 Å². The molecule has 2 aliphatic rings. The fraction of sp³-hybridized carbons (Fsp3) is 0.174. The Morgan fingerprint density at radius 3 is 2.59 bits per heavy atom. The molecule has 2 aromatic rings. The van der Waals surface area contributed by atoms with Crippen LogP contribution in [-0.4, -0.2) is 23.8 Å². The molecule has 0 spiro atoms. The van der Waals surface area contributed by atoms with Crippen molar-refractivity contribution >= 4 is 35.2 Å². The Labute approximate surface area is 168 Å². The van der Waals surface area contributed by atoms with Crippen LogP contribution in [0.25, 0.3) is 6.08 Å². The van der Waals surface area contributed by atoms with Crippen molar-refractivity contribution in [3.05, 3.63) is 71.3 Å². The van der Waals surface area contributed by atoms with Crippen LogP contribution < -0.4 is 15.0 Å². The predicted octanol–water partition coefficient (Wildman–Crippen LogP) is 3.70. The number of nitrogens with zero attached hydrogens (tertiary/aromatic N) is 1. The molecule has 1 fully saturated rings. The number of fused-ring (bicyclic) bond motifs is 1. The Balaban J connectivity index is 1.60. The molecule has 0 saturated carbocycles. The summed E-state index contributed by atoms with van der Waals surface area (Å²) in [6.07, 6.45) is 3.56. The third kappa shape index (κ3) is 3.69. The van der Waals surface area contributed by atoms with Gasteiger partial charge in [-0.1, -0.05) is 18.2 Å². The number of carbonyl (C=O) groups is 3. The molecule has 0 bridgehead atoms. The molecule has 1 unspecified atom stereocenters. The first-order valence-corrected chi connectivity index (χ1v) is 9.35. The van der Waals surface area contributed by atoms with E-state index in [0.717, 1.165) is 16.9 Å². The highest BCUT2D eigenvalue weighted by Crippen LogP contribution is 2.33. The van der Waals surface area contributed by atoms with E-state index in [-0.39, 0.29) is 30.2 Å². The predicted molar refractivity (Wildman–Crippen MR) is 110 cm³/mol. The van der Waals surface area contributed by atoms with Crippen LogP contribution in [0.5, 0.6) is 5.75 Å². The van der Waals surface area contributed by atoms with Crippen molar-refractivity contribution in [1.82, 2.24) is 0 Å². The molecule has 2 aliphatic heterocycles. The minimum atomic E-state index is -0.339. The highest BCUT2D eigenvalue weighted by Gasteiger charge is 2.35. The SMILES string of the molecule is CC(=O)Nc1ccc(N2C(=O)C/C(=C\C3=Cc4ccccc4OC3C)C2=O)cc1. The summed E-state index contributed by atoms with van der Waals surface area (Å²) in [5, 5.41) is 2.66. The van der Waals surface area contributed by atoms with Crippen LogP contribution in [-0.2, 0) is 14.4 Å². The second kappa shape index (κ2) is 7.39. The van der Waals surface area contributed by atoms with E-state index in [9.17, 15) is 14.4 Å². The van der Waals surface area contributed by atoms with Gasteiger partial charge in [-0.2, -0.15) is 0 Å². The largest absolute Gasteiger partial charge is 0.485 e. The number of para-hydroxylation sites is 1. The maximum atomic E-state index is 12.9. The minimum Gasteiger partial charge on any atom is -0.485 e. The molecule has 3 amide bonds. The van der Waals surface area contributed by atoms with Crippen LogP contribution in [0.15, 0.2) is 65.8 Å². The summed E-state index contributed by atoms with van der Waals surface area (Å²) < 4.78 is 5.92. The zero-order chi connectivity index (χ0) is 20.5. The number of amides is 3. The van der Waals surface area contributed by atoms with Crippen molar-refractivity contribution < 1.29 is 19.1 Å². The summed E-state index contributed by atoms with van der Waals surface area (Å²) >= 11 is 0. The van der Waals surface area contributed by atoms with E-state index in [1.54, 1.807) is 30.3 Å². The molecule has 2 aromatic carbocycles. The van der Waals surface area contributed by atoms with Gasteiger partial charge in [0.2, 0.25) is 11.8 Å². The number of imide groups is 1. The highest BCUT2D eigenvalue weighted by molar-refractivity contribution is 6.28. The second-order valence-corrected chi connectivity index (χ2v) is 7.05. The van der Waals surface area contributed by atoms with Crippen LogP contribution in [0.2, 0.25) is 0 Å². The first-order chi connectivity index (χ1) is 13.9. The maximum absolute atomic E-state index is 12.9. The third-order valence-electron chi connectivity index (χ3n) is 4.87. The number of carbonyl (C=O) groups excluding carboxylic acids is 3. The summed E-state index contributed by atoms with van der Waals surface area (Å²) in [5.74, 6) is -0.0000285. The fourth-order valence-corrected chi connectivity index (χ4v) is 3.47. The summed E-state index contributed by atoms with van der Waals surface area (Å²) in [6.45, 7) is 3.33. The molecular formula is C23H20N2O4. The van der Waals surface area contributed by atoms with E-state index in [1.807, 2.05) is 37.3 Å². The molecule has 0 aromatic heterocycles. The van der Waals surface area contributed by atoms with E-state index in [0.29, 0.717) is 16.9 Å². The molecule has 0 radical (unpaired) electrons. The monoisotopic (exact) mass is 388 g/mol. The zero-order valence-electron chi connectivity index (χ0n) is 16.1. The lowest BCUT2D eigenvalue weighted by Crippen LogP contribution is -2.29. The van der Waals surface area contributed by atoms with Crippen molar-refractivity contribution in [3.8, 4) is 5.75 Å². The number of hydrogen-bond acceptors (Lipinski definition) is 4. The molecule has 2 heterocycles. The average molecular weight is 388 g/mol. The van der Waals surface area contributed by atoms with Crippen LogP contribution in [0.4, 0.5) is 11.4 Å². The van der Waals surface area contributed by atoms with Gasteiger partial charge in [-0.3, -0.25) is 14.4 Å². The molecule has 6 nitrogen and oxygen atoms in total. The zero-order valence-corrected chi connectivity index (χ0v) is 16.1. The number of rotatable bonds is 3. The van der Waals surface area contributed by atoms with Gasteiger partial charge in [0.1, 0.15) is 11.9 Å². The number of ether oxygens (including phenoxy) is 1. The first kappa shape index (κ1) is 18.7. The quantitative estimate of drug-likeness (QED) is 0.643. The number of hydrogen-bond donors (Lipinski definition) is 1. The van der Waals surface area contributed by atoms with E-state index in [2.05, 4.69) is 5.32 Å². The van der Waals surface area contributed by atoms with Gasteiger partial charge in [0.15, 0.2) is 0 Å². The van der Waals surface area contributed by atoms with Gasteiger partial charge in [-0.15, -0.1) is 0 Å². The summed E-state index contributed by atoms with van der Waals surface area (Å²) in [4.78, 5) is 37.7. The minimum absolute atomic E-state index is 0.0397. The Morgan fingerprint density at radius 1 is 1.14 bits per heavy atom. The van der Waals surface area contributed by atoms with Crippen LogP contribution in [0.3, 0.4) is 0 Å². The Kier molecular flexibility index (Phi) is 4.76. The van der Waals surface area contributed by atoms with E-state index < -0.39 is 0 Å². The van der Waals surface area contributed by atoms with E-state index in [4.69, 9.17) is 4.74 Å². The summed E-state index contributed by atoms with van der Waals surface area (Å²) in [6, 6.07) is 14.3. The topological polar surface area (TPSA) is 75.7 Å². The van der Waals surface area contributed by atoms with Gasteiger partial charge < -0.3 is 10.1 Å². The van der Waals surface area contributed by atoms with Gasteiger partial charge in [0, 0.05) is 23.7 Å². The van der Waals surface area contributed by atoms with Gasteiger partial charge in [-0.25, -0.2) is 4.90 Å². The van der Waals surface area contributed by atoms with Crippen molar-refractivity contribution in [2.45, 2.75) is 26.4 Å². The van der Waals surface area contributed by atoms with Gasteiger partial charge >= 0.3 is 0 Å². The Hall–Kier alpha value is -3.67. The molecule has 0 aliphatic carbocycles. The lowest BCUT2D eigenvalue weighted by atomic mass is 10.00. The van der Waals surface area contributed by atoms with Crippen molar-refractivity contribution in [1.29, 1.82) is 0 Å². The standard InChI is InChI=1S/C23H20N2O4/c1-14-17(11-16-5-3-4-6-21(16)29-14)12-18-13-22(27)25(23(18)28)20-9-7-19(8-10-20)24-15(2)26/h3-12,14H,13H2,1-2H3,(H,24,26)/b18-12+. The Bertz CT molecular complexity index is 1070. The average Bonchev–Trinajstić information content (AvgIpc) is 2.96. The molecule has 4 rings (SSSR count). The van der Waals surface area contributed by atoms with Gasteiger partial charge in [0.05, 0.1) is 12.1 Å². The second-order valence-electron chi connectivity index (χ2n) is 7.05. The number of benzene rings is 2. The third-order valence-corrected chi connectivity index (χ3v) is 4.87.